The van der Waals surface area contributed by atoms with Crippen LogP contribution in [0.5, 0.6) is 0 Å². The molecule has 2 fully saturated rings. The zero-order valence-electron chi connectivity index (χ0n) is 8.09. The highest BCUT2D eigenvalue weighted by Crippen LogP contribution is 2.18. The first-order chi connectivity index (χ1) is 6.36. The molecule has 0 aromatic carbocycles. The average molecular weight is 182 g/mol. The van der Waals surface area contributed by atoms with Gasteiger partial charge in [-0.3, -0.25) is 5.41 Å². The topological polar surface area (TPSA) is 36.3 Å². The number of hydrogen-bond donors (Lipinski definition) is 1. The van der Waals surface area contributed by atoms with Crippen molar-refractivity contribution in [2.75, 3.05) is 26.3 Å². The zero-order valence-corrected chi connectivity index (χ0v) is 8.09. The maximum Gasteiger partial charge on any atom is 0.0958 e. The minimum absolute atomic E-state index is 0.758. The van der Waals surface area contributed by atoms with Gasteiger partial charge in [-0.1, -0.05) is 0 Å². The molecule has 1 unspecified atom stereocenters. The Morgan fingerprint density at radius 3 is 3.08 bits per heavy atom. The van der Waals surface area contributed by atoms with E-state index in [1.54, 1.807) is 0 Å². The van der Waals surface area contributed by atoms with Crippen LogP contribution < -0.4 is 0 Å². The van der Waals surface area contributed by atoms with E-state index in [0.29, 0.717) is 0 Å². The molecule has 0 bridgehead atoms. The van der Waals surface area contributed by atoms with Crippen molar-refractivity contribution in [2.24, 2.45) is 5.92 Å². The number of nitrogens with zero attached hydrogens (tertiary/aromatic N) is 1. The number of nitrogens with one attached hydrogen (secondary N) is 1. The highest BCUT2D eigenvalue weighted by atomic mass is 16.5. The van der Waals surface area contributed by atoms with E-state index < -0.39 is 0 Å². The fourth-order valence-electron chi connectivity index (χ4n) is 2.13. The van der Waals surface area contributed by atoms with Crippen LogP contribution >= 0.6 is 0 Å². The monoisotopic (exact) mass is 182 g/mol. The van der Waals surface area contributed by atoms with Crippen molar-refractivity contribution in [3.8, 4) is 0 Å². The maximum atomic E-state index is 7.67. The van der Waals surface area contributed by atoms with Crippen LogP contribution in [0.3, 0.4) is 0 Å². The van der Waals surface area contributed by atoms with Gasteiger partial charge in [0.1, 0.15) is 0 Å². The van der Waals surface area contributed by atoms with E-state index in [1.165, 1.54) is 19.3 Å². The molecule has 0 amide bonds. The third kappa shape index (κ3) is 2.21. The van der Waals surface area contributed by atoms with E-state index in [9.17, 15) is 0 Å². The second kappa shape index (κ2) is 4.09. The Balaban J connectivity index is 1.69. The minimum atomic E-state index is 0.758. The van der Waals surface area contributed by atoms with E-state index in [0.717, 1.165) is 44.5 Å². The van der Waals surface area contributed by atoms with Crippen LogP contribution in [-0.2, 0) is 4.74 Å². The lowest BCUT2D eigenvalue weighted by atomic mass is 10.1. The lowest BCUT2D eigenvalue weighted by Crippen LogP contribution is -2.26. The summed E-state index contributed by atoms with van der Waals surface area (Å²) >= 11 is 0. The summed E-state index contributed by atoms with van der Waals surface area (Å²) in [6.07, 6.45) is 4.60. The lowest BCUT2D eigenvalue weighted by molar-refractivity contribution is 0.182. The summed E-state index contributed by atoms with van der Waals surface area (Å²) in [5.41, 5.74) is 0. The first-order valence-electron chi connectivity index (χ1n) is 5.26. The Bertz CT molecular complexity index is 187. The second-order valence-corrected chi connectivity index (χ2v) is 4.06. The summed E-state index contributed by atoms with van der Waals surface area (Å²) in [5, 5.41) is 7.67. The molecule has 2 aliphatic rings. The third-order valence-electron chi connectivity index (χ3n) is 3.05. The van der Waals surface area contributed by atoms with Crippen LogP contribution in [0, 0.1) is 11.3 Å². The number of ether oxygens (including phenoxy) is 1. The summed E-state index contributed by atoms with van der Waals surface area (Å²) in [6.45, 7) is 4.07. The Hall–Kier alpha value is -0.570. The van der Waals surface area contributed by atoms with Gasteiger partial charge < -0.3 is 9.64 Å². The molecule has 13 heavy (non-hydrogen) atoms. The molecule has 2 aliphatic heterocycles. The van der Waals surface area contributed by atoms with Crippen LogP contribution in [-0.4, -0.2) is 37.0 Å². The van der Waals surface area contributed by atoms with Crippen molar-refractivity contribution in [1.82, 2.24) is 4.90 Å². The lowest BCUT2D eigenvalue weighted by Gasteiger charge is -2.19. The number of amidine groups is 1. The summed E-state index contributed by atoms with van der Waals surface area (Å²) in [7, 11) is 0. The molecule has 1 atom stereocenters. The van der Waals surface area contributed by atoms with Crippen molar-refractivity contribution in [3.63, 3.8) is 0 Å². The summed E-state index contributed by atoms with van der Waals surface area (Å²) in [6, 6.07) is 0. The molecule has 0 radical (unpaired) electrons. The molecule has 2 saturated heterocycles. The minimum Gasteiger partial charge on any atom is -0.381 e. The first-order valence-corrected chi connectivity index (χ1v) is 5.26. The first kappa shape index (κ1) is 9.00. The zero-order chi connectivity index (χ0) is 9.10. The Morgan fingerprint density at radius 2 is 2.46 bits per heavy atom. The van der Waals surface area contributed by atoms with Gasteiger partial charge in [0.25, 0.3) is 0 Å². The van der Waals surface area contributed by atoms with Gasteiger partial charge >= 0.3 is 0 Å². The molecule has 74 valence electrons. The highest BCUT2D eigenvalue weighted by molar-refractivity contribution is 5.80. The van der Waals surface area contributed by atoms with Crippen LogP contribution in [0.15, 0.2) is 0 Å². The van der Waals surface area contributed by atoms with Gasteiger partial charge in [-0.05, 0) is 25.2 Å². The van der Waals surface area contributed by atoms with Gasteiger partial charge in [0.05, 0.1) is 5.84 Å². The Labute approximate surface area is 79.6 Å². The van der Waals surface area contributed by atoms with Crippen molar-refractivity contribution < 1.29 is 4.74 Å². The molecule has 0 spiro atoms. The smallest absolute Gasteiger partial charge is 0.0958 e. The summed E-state index contributed by atoms with van der Waals surface area (Å²) in [5.74, 6) is 1.60. The largest absolute Gasteiger partial charge is 0.381 e. The molecule has 2 heterocycles. The predicted molar refractivity (Wildman–Crippen MR) is 52.1 cm³/mol. The number of likely N-dealkylation sites (tertiary alicyclic amines) is 1. The van der Waals surface area contributed by atoms with E-state index >= 15 is 0 Å². The quantitative estimate of drug-likeness (QED) is 0.717. The third-order valence-corrected chi connectivity index (χ3v) is 3.05. The van der Waals surface area contributed by atoms with Gasteiger partial charge in [-0.15, -0.1) is 0 Å². The summed E-state index contributed by atoms with van der Waals surface area (Å²) < 4.78 is 5.33. The van der Waals surface area contributed by atoms with Crippen molar-refractivity contribution in [1.29, 1.82) is 5.41 Å². The van der Waals surface area contributed by atoms with Crippen LogP contribution in [0.1, 0.15) is 25.7 Å². The van der Waals surface area contributed by atoms with Gasteiger partial charge in [0.2, 0.25) is 0 Å². The molecular formula is C10H18N2O. The second-order valence-electron chi connectivity index (χ2n) is 4.06. The van der Waals surface area contributed by atoms with Crippen LogP contribution in [0.4, 0.5) is 0 Å². The van der Waals surface area contributed by atoms with Crippen LogP contribution in [0.2, 0.25) is 0 Å². The molecule has 0 saturated carbocycles. The predicted octanol–water partition coefficient (Wildman–Crippen LogP) is 1.49. The molecule has 0 aromatic rings. The van der Waals surface area contributed by atoms with E-state index in [2.05, 4.69) is 4.90 Å². The standard InChI is InChI=1S/C10H18N2O/c11-10-2-1-5-12(10)6-3-9-4-7-13-8-9/h9,11H,1-8H2. The van der Waals surface area contributed by atoms with E-state index in [-0.39, 0.29) is 0 Å². The molecule has 1 N–H and O–H groups in total. The molecule has 3 heteroatoms. The number of rotatable bonds is 3. The number of hydrogen-bond acceptors (Lipinski definition) is 2. The Morgan fingerprint density at radius 1 is 1.54 bits per heavy atom. The molecular weight excluding hydrogens is 164 g/mol. The van der Waals surface area contributed by atoms with Gasteiger partial charge in [0.15, 0.2) is 0 Å². The van der Waals surface area contributed by atoms with Gasteiger partial charge in [-0.2, -0.15) is 0 Å². The Kier molecular flexibility index (Phi) is 2.83. The fourth-order valence-corrected chi connectivity index (χ4v) is 2.13. The fraction of sp³-hybridized carbons (Fsp3) is 0.900. The van der Waals surface area contributed by atoms with Gasteiger partial charge in [0, 0.05) is 32.7 Å². The summed E-state index contributed by atoms with van der Waals surface area (Å²) in [4.78, 5) is 2.22. The normalized spacial score (nSPS) is 28.8. The van der Waals surface area contributed by atoms with E-state index in [4.69, 9.17) is 10.1 Å². The van der Waals surface area contributed by atoms with Crippen molar-refractivity contribution in [2.45, 2.75) is 25.7 Å². The average Bonchev–Trinajstić information content (AvgIpc) is 2.72. The molecule has 0 aromatic heterocycles. The van der Waals surface area contributed by atoms with Gasteiger partial charge in [-0.25, -0.2) is 0 Å². The SMILES string of the molecule is N=C1CCCN1CCC1CCOC1. The maximum absolute atomic E-state index is 7.67. The van der Waals surface area contributed by atoms with E-state index in [1.807, 2.05) is 0 Å². The van der Waals surface area contributed by atoms with Crippen LogP contribution in [0.25, 0.3) is 0 Å². The molecule has 2 rings (SSSR count). The molecule has 3 nitrogen and oxygen atoms in total. The van der Waals surface area contributed by atoms with Crippen molar-refractivity contribution in [3.05, 3.63) is 0 Å². The molecule has 0 aliphatic carbocycles. The van der Waals surface area contributed by atoms with Crippen molar-refractivity contribution >= 4 is 5.84 Å². The highest BCUT2D eigenvalue weighted by Gasteiger charge is 2.20.